The van der Waals surface area contributed by atoms with Crippen LogP contribution in [0.3, 0.4) is 0 Å². The average molecular weight is 260 g/mol. The monoisotopic (exact) mass is 260 g/mol. The number of nitrogens with zero attached hydrogens (tertiary/aromatic N) is 4. The minimum Gasteiger partial charge on any atom is -0.338 e. The predicted octanol–water partition coefficient (Wildman–Crippen LogP) is 1.37. The molecule has 0 N–H and O–H groups in total. The molecule has 1 heterocycles. The van der Waals surface area contributed by atoms with E-state index < -0.39 is 0 Å². The highest BCUT2D eigenvalue weighted by atomic mass is 16.2. The molecule has 0 unspecified atom stereocenters. The van der Waals surface area contributed by atoms with Crippen molar-refractivity contribution in [3.63, 3.8) is 0 Å². The van der Waals surface area contributed by atoms with Crippen LogP contribution >= 0.6 is 0 Å². The van der Waals surface area contributed by atoms with Crippen LogP contribution in [-0.4, -0.2) is 54.4 Å². The Bertz CT molecular complexity index is 448. The largest absolute Gasteiger partial charge is 0.338 e. The van der Waals surface area contributed by atoms with Crippen molar-refractivity contribution in [2.45, 2.75) is 13.3 Å². The fourth-order valence-electron chi connectivity index (χ4n) is 1.73. The maximum atomic E-state index is 12.2. The average Bonchev–Trinajstić information content (AvgIpc) is 2.43. The molecule has 1 amide bonds. The summed E-state index contributed by atoms with van der Waals surface area (Å²) in [5, 5.41) is 8.70. The van der Waals surface area contributed by atoms with Crippen LogP contribution in [0.2, 0.25) is 0 Å². The van der Waals surface area contributed by atoms with Gasteiger partial charge in [-0.05, 0) is 46.1 Å². The van der Waals surface area contributed by atoms with Crippen LogP contribution in [0, 0.1) is 11.3 Å². The van der Waals surface area contributed by atoms with Gasteiger partial charge >= 0.3 is 0 Å². The molecule has 5 nitrogen and oxygen atoms in total. The van der Waals surface area contributed by atoms with E-state index in [2.05, 4.69) is 9.88 Å². The van der Waals surface area contributed by atoms with Gasteiger partial charge in [0.2, 0.25) is 0 Å². The van der Waals surface area contributed by atoms with E-state index in [9.17, 15) is 4.79 Å². The summed E-state index contributed by atoms with van der Waals surface area (Å²) in [6.45, 7) is 4.28. The molecule has 0 aliphatic rings. The van der Waals surface area contributed by atoms with Gasteiger partial charge in [-0.15, -0.1) is 0 Å². The summed E-state index contributed by atoms with van der Waals surface area (Å²) in [7, 11) is 4.03. The maximum Gasteiger partial charge on any atom is 0.272 e. The lowest BCUT2D eigenvalue weighted by Crippen LogP contribution is -2.33. The Balaban J connectivity index is 2.64. The van der Waals surface area contributed by atoms with E-state index in [1.807, 2.05) is 27.1 Å². The zero-order valence-corrected chi connectivity index (χ0v) is 11.8. The van der Waals surface area contributed by atoms with Crippen LogP contribution in [-0.2, 0) is 0 Å². The number of aromatic nitrogens is 1. The number of pyridine rings is 1. The highest BCUT2D eigenvalue weighted by molar-refractivity contribution is 5.92. The third-order valence-electron chi connectivity index (χ3n) is 2.81. The summed E-state index contributed by atoms with van der Waals surface area (Å²) in [4.78, 5) is 20.1. The summed E-state index contributed by atoms with van der Waals surface area (Å²) in [6, 6.07) is 5.22. The van der Waals surface area contributed by atoms with Crippen LogP contribution in [0.25, 0.3) is 0 Å². The minimum absolute atomic E-state index is 0.0780. The van der Waals surface area contributed by atoms with Crippen molar-refractivity contribution in [1.29, 1.82) is 5.26 Å². The lowest BCUT2D eigenvalue weighted by atomic mass is 10.2. The van der Waals surface area contributed by atoms with Crippen LogP contribution in [0.1, 0.15) is 29.4 Å². The second-order valence-electron chi connectivity index (χ2n) is 4.59. The van der Waals surface area contributed by atoms with Gasteiger partial charge in [-0.2, -0.15) is 5.26 Å². The van der Waals surface area contributed by atoms with Crippen LogP contribution in [0.5, 0.6) is 0 Å². The molecule has 0 saturated heterocycles. The number of rotatable bonds is 6. The first-order valence-electron chi connectivity index (χ1n) is 6.38. The first-order valence-corrected chi connectivity index (χ1v) is 6.38. The van der Waals surface area contributed by atoms with Gasteiger partial charge in [0.1, 0.15) is 11.8 Å². The highest BCUT2D eigenvalue weighted by Gasteiger charge is 2.14. The number of hydrogen-bond acceptors (Lipinski definition) is 4. The van der Waals surface area contributed by atoms with E-state index in [-0.39, 0.29) is 5.91 Å². The molecule has 0 aromatic carbocycles. The van der Waals surface area contributed by atoms with Crippen LogP contribution in [0.4, 0.5) is 0 Å². The summed E-state index contributed by atoms with van der Waals surface area (Å²) < 4.78 is 0. The van der Waals surface area contributed by atoms with Crippen molar-refractivity contribution in [3.8, 4) is 6.07 Å². The van der Waals surface area contributed by atoms with Crippen LogP contribution < -0.4 is 0 Å². The predicted molar refractivity (Wildman–Crippen MR) is 73.7 cm³/mol. The number of carbonyl (C=O) groups is 1. The topological polar surface area (TPSA) is 60.2 Å². The molecule has 1 aromatic heterocycles. The van der Waals surface area contributed by atoms with E-state index in [0.29, 0.717) is 17.8 Å². The fourth-order valence-corrected chi connectivity index (χ4v) is 1.73. The van der Waals surface area contributed by atoms with Crippen LogP contribution in [0.15, 0.2) is 18.3 Å². The molecular formula is C14H20N4O. The normalized spacial score (nSPS) is 10.3. The van der Waals surface area contributed by atoms with Gasteiger partial charge in [-0.25, -0.2) is 4.98 Å². The number of hydrogen-bond donors (Lipinski definition) is 0. The third kappa shape index (κ3) is 4.68. The van der Waals surface area contributed by atoms with Gasteiger partial charge in [0.25, 0.3) is 5.91 Å². The quantitative estimate of drug-likeness (QED) is 0.775. The summed E-state index contributed by atoms with van der Waals surface area (Å²) in [5.74, 6) is -0.0780. The van der Waals surface area contributed by atoms with Crippen molar-refractivity contribution in [2.24, 2.45) is 0 Å². The Morgan fingerprint density at radius 3 is 2.58 bits per heavy atom. The first-order chi connectivity index (χ1) is 9.08. The molecule has 102 valence electrons. The lowest BCUT2D eigenvalue weighted by molar-refractivity contribution is 0.0753. The van der Waals surface area contributed by atoms with Gasteiger partial charge in [0.05, 0.1) is 5.56 Å². The second kappa shape index (κ2) is 7.49. The molecule has 0 spiro atoms. The molecule has 1 aromatic rings. The van der Waals surface area contributed by atoms with Crippen molar-refractivity contribution in [1.82, 2.24) is 14.8 Å². The number of carbonyl (C=O) groups excluding carboxylic acids is 1. The van der Waals surface area contributed by atoms with Crippen molar-refractivity contribution in [3.05, 3.63) is 29.6 Å². The summed E-state index contributed by atoms with van der Waals surface area (Å²) in [5.41, 5.74) is 0.859. The lowest BCUT2D eigenvalue weighted by Gasteiger charge is -2.21. The smallest absolute Gasteiger partial charge is 0.272 e. The van der Waals surface area contributed by atoms with Crippen molar-refractivity contribution >= 4 is 5.91 Å². The van der Waals surface area contributed by atoms with Gasteiger partial charge in [0, 0.05) is 19.3 Å². The maximum absolute atomic E-state index is 12.2. The zero-order valence-electron chi connectivity index (χ0n) is 11.8. The van der Waals surface area contributed by atoms with Crippen molar-refractivity contribution < 1.29 is 4.79 Å². The SMILES string of the molecule is CCN(CCCN(C)C)C(=O)c1ccc(C#N)cn1. The Hall–Kier alpha value is -1.93. The number of nitriles is 1. The summed E-state index contributed by atoms with van der Waals surface area (Å²) >= 11 is 0. The van der Waals surface area contributed by atoms with Gasteiger partial charge in [0.15, 0.2) is 0 Å². The number of amides is 1. The molecule has 5 heteroatoms. The van der Waals surface area contributed by atoms with E-state index >= 15 is 0 Å². The first kappa shape index (κ1) is 15.1. The Kier molecular flexibility index (Phi) is 5.97. The van der Waals surface area contributed by atoms with Gasteiger partial charge in [-0.3, -0.25) is 4.79 Å². The fraction of sp³-hybridized carbons (Fsp3) is 0.500. The third-order valence-corrected chi connectivity index (χ3v) is 2.81. The Morgan fingerprint density at radius 2 is 2.11 bits per heavy atom. The molecular weight excluding hydrogens is 240 g/mol. The molecule has 0 saturated carbocycles. The van der Waals surface area contributed by atoms with E-state index in [1.165, 1.54) is 6.20 Å². The van der Waals surface area contributed by atoms with E-state index in [0.717, 1.165) is 19.5 Å². The highest BCUT2D eigenvalue weighted by Crippen LogP contribution is 2.04. The Labute approximate surface area is 114 Å². The molecule has 0 fully saturated rings. The molecule has 19 heavy (non-hydrogen) atoms. The molecule has 1 rings (SSSR count). The molecule has 0 bridgehead atoms. The zero-order chi connectivity index (χ0) is 14.3. The van der Waals surface area contributed by atoms with Crippen molar-refractivity contribution in [2.75, 3.05) is 33.7 Å². The second-order valence-corrected chi connectivity index (χ2v) is 4.59. The molecule has 0 aliphatic carbocycles. The van der Waals surface area contributed by atoms with E-state index in [1.54, 1.807) is 17.0 Å². The molecule has 0 radical (unpaired) electrons. The standard InChI is InChI=1S/C14H20N4O/c1-4-18(9-5-8-17(2)3)14(19)13-7-6-12(10-15)11-16-13/h6-7,11H,4-5,8-9H2,1-3H3. The minimum atomic E-state index is -0.0780. The van der Waals surface area contributed by atoms with Gasteiger partial charge in [-0.1, -0.05) is 0 Å². The molecule has 0 aliphatic heterocycles. The molecule has 0 atom stereocenters. The Morgan fingerprint density at radius 1 is 1.37 bits per heavy atom. The van der Waals surface area contributed by atoms with E-state index in [4.69, 9.17) is 5.26 Å². The van der Waals surface area contributed by atoms with Gasteiger partial charge < -0.3 is 9.80 Å². The summed E-state index contributed by atoms with van der Waals surface area (Å²) in [6.07, 6.45) is 2.36.